The van der Waals surface area contributed by atoms with E-state index in [1.165, 1.54) is 23.7 Å². The van der Waals surface area contributed by atoms with Crippen molar-refractivity contribution in [2.24, 2.45) is 0 Å². The van der Waals surface area contributed by atoms with Crippen molar-refractivity contribution in [1.82, 2.24) is 14.5 Å². The fourth-order valence-electron chi connectivity index (χ4n) is 3.75. The molecule has 1 fully saturated rings. The van der Waals surface area contributed by atoms with Crippen LogP contribution in [0, 0.1) is 0 Å². The monoisotopic (exact) mass is 457 g/mol. The molecule has 32 heavy (non-hydrogen) atoms. The van der Waals surface area contributed by atoms with E-state index in [1.807, 2.05) is 12.1 Å². The molecular weight excluding hydrogens is 430 g/mol. The summed E-state index contributed by atoms with van der Waals surface area (Å²) in [7, 11) is 1.60. The van der Waals surface area contributed by atoms with E-state index in [0.717, 1.165) is 19.6 Å². The third-order valence-electron chi connectivity index (χ3n) is 5.39. The van der Waals surface area contributed by atoms with Crippen molar-refractivity contribution in [3.05, 3.63) is 65.7 Å². The predicted molar refractivity (Wildman–Crippen MR) is 128 cm³/mol. The number of halogens is 1. The van der Waals surface area contributed by atoms with Gasteiger partial charge in [-0.05, 0) is 50.2 Å². The molecule has 0 radical (unpaired) electrons. The highest BCUT2D eigenvalue weighted by Gasteiger charge is 2.13. The molecule has 7 nitrogen and oxygen atoms in total. The molecule has 170 valence electrons. The lowest BCUT2D eigenvalue weighted by Crippen LogP contribution is -2.25. The van der Waals surface area contributed by atoms with Gasteiger partial charge >= 0.3 is 0 Å². The minimum atomic E-state index is -0.162. The summed E-state index contributed by atoms with van der Waals surface area (Å²) in [5, 5.41) is 0.512. The van der Waals surface area contributed by atoms with E-state index in [0.29, 0.717) is 47.1 Å². The quantitative estimate of drug-likeness (QED) is 0.455. The first kappa shape index (κ1) is 23.6. The second kappa shape index (κ2) is 11.0. The van der Waals surface area contributed by atoms with Crippen LogP contribution in [-0.2, 0) is 0 Å². The molecule has 1 aliphatic rings. The third kappa shape index (κ3) is 5.23. The number of hydrogen-bond donors (Lipinski definition) is 0. The summed E-state index contributed by atoms with van der Waals surface area (Å²) in [4.78, 5) is 19.9. The second-order valence-corrected chi connectivity index (χ2v) is 7.43. The number of aromatic nitrogens is 2. The minimum absolute atomic E-state index is 0. The van der Waals surface area contributed by atoms with Gasteiger partial charge in [0.25, 0.3) is 5.56 Å². The number of fused-ring (bicyclic) bond motifs is 1. The normalized spacial score (nSPS) is 13.5. The van der Waals surface area contributed by atoms with Gasteiger partial charge < -0.3 is 14.2 Å². The van der Waals surface area contributed by atoms with Gasteiger partial charge in [-0.2, -0.15) is 0 Å². The molecule has 0 atom stereocenters. The Kier molecular flexibility index (Phi) is 8.14. The Bertz CT molecular complexity index is 1130. The first-order valence-corrected chi connectivity index (χ1v) is 10.5. The van der Waals surface area contributed by atoms with E-state index in [4.69, 9.17) is 14.2 Å². The second-order valence-electron chi connectivity index (χ2n) is 7.43. The van der Waals surface area contributed by atoms with Crippen molar-refractivity contribution in [2.45, 2.75) is 12.8 Å². The lowest BCUT2D eigenvalue weighted by Gasteiger charge is -2.17. The van der Waals surface area contributed by atoms with Crippen molar-refractivity contribution in [1.29, 1.82) is 0 Å². The van der Waals surface area contributed by atoms with Crippen LogP contribution in [0.5, 0.6) is 17.2 Å². The summed E-state index contributed by atoms with van der Waals surface area (Å²) in [6.07, 6.45) is 5.71. The zero-order valence-electron chi connectivity index (χ0n) is 18.2. The van der Waals surface area contributed by atoms with Crippen LogP contribution in [0.2, 0.25) is 0 Å². The Balaban J connectivity index is 0.00000289. The molecule has 1 aromatic heterocycles. The van der Waals surface area contributed by atoms with Crippen molar-refractivity contribution < 1.29 is 14.2 Å². The first-order chi connectivity index (χ1) is 15.2. The number of likely N-dealkylation sites (tertiary alicyclic amines) is 1. The number of ether oxygens (including phenoxy) is 3. The largest absolute Gasteiger partial charge is 0.493 e. The van der Waals surface area contributed by atoms with Gasteiger partial charge in [0.1, 0.15) is 25.3 Å². The fraction of sp³-hybridized carbons (Fsp3) is 0.333. The smallest absolute Gasteiger partial charge is 0.265 e. The molecule has 0 amide bonds. The summed E-state index contributed by atoms with van der Waals surface area (Å²) < 4.78 is 18.5. The van der Waals surface area contributed by atoms with Gasteiger partial charge in [0, 0.05) is 18.7 Å². The van der Waals surface area contributed by atoms with Crippen LogP contribution in [0.4, 0.5) is 0 Å². The molecule has 0 bridgehead atoms. The number of methoxy groups -OCH3 is 1. The molecule has 2 heterocycles. The van der Waals surface area contributed by atoms with E-state index < -0.39 is 0 Å². The molecule has 4 rings (SSSR count). The number of nitrogens with zero attached hydrogens (tertiary/aromatic N) is 3. The maximum atomic E-state index is 13.0. The molecule has 2 aromatic carbocycles. The minimum Gasteiger partial charge on any atom is -0.493 e. The Morgan fingerprint density at radius 3 is 2.66 bits per heavy atom. The van der Waals surface area contributed by atoms with E-state index in [2.05, 4.69) is 16.5 Å². The van der Waals surface area contributed by atoms with Gasteiger partial charge in [-0.1, -0.05) is 12.7 Å². The van der Waals surface area contributed by atoms with E-state index in [9.17, 15) is 4.79 Å². The molecule has 8 heteroatoms. The SMILES string of the molecule is C=CCOc1ccc2c(=O)n(-c3ccc(OCCN4CCCC4)c(OC)c3)cnc2c1.Cl. The summed E-state index contributed by atoms with van der Waals surface area (Å²) >= 11 is 0. The zero-order chi connectivity index (χ0) is 21.6. The Labute approximate surface area is 193 Å². The molecule has 1 aliphatic heterocycles. The molecule has 0 saturated carbocycles. The Hall–Kier alpha value is -3.03. The summed E-state index contributed by atoms with van der Waals surface area (Å²) in [5.74, 6) is 1.89. The maximum Gasteiger partial charge on any atom is 0.265 e. The molecule has 0 unspecified atom stereocenters. The van der Waals surface area contributed by atoms with Crippen LogP contribution >= 0.6 is 12.4 Å². The summed E-state index contributed by atoms with van der Waals surface area (Å²) in [5.41, 5.74) is 1.08. The molecule has 0 N–H and O–H groups in total. The van der Waals surface area contributed by atoms with Crippen molar-refractivity contribution >= 4 is 23.3 Å². The third-order valence-corrected chi connectivity index (χ3v) is 5.39. The van der Waals surface area contributed by atoms with Crippen LogP contribution < -0.4 is 19.8 Å². The van der Waals surface area contributed by atoms with Gasteiger partial charge in [-0.3, -0.25) is 14.3 Å². The number of rotatable bonds is 9. The van der Waals surface area contributed by atoms with Gasteiger partial charge in [0.15, 0.2) is 11.5 Å². The van der Waals surface area contributed by atoms with Crippen molar-refractivity contribution in [3.63, 3.8) is 0 Å². The van der Waals surface area contributed by atoms with E-state index in [-0.39, 0.29) is 18.0 Å². The predicted octanol–water partition coefficient (Wildman–Crippen LogP) is 3.86. The Morgan fingerprint density at radius 1 is 1.09 bits per heavy atom. The van der Waals surface area contributed by atoms with Crippen LogP contribution in [0.3, 0.4) is 0 Å². The van der Waals surface area contributed by atoms with Gasteiger partial charge in [-0.25, -0.2) is 4.98 Å². The molecule has 3 aromatic rings. The maximum absolute atomic E-state index is 13.0. The molecule has 1 saturated heterocycles. The average Bonchev–Trinajstić information content (AvgIpc) is 3.31. The van der Waals surface area contributed by atoms with Crippen LogP contribution in [0.25, 0.3) is 16.6 Å². The highest BCUT2D eigenvalue weighted by Crippen LogP contribution is 2.29. The van der Waals surface area contributed by atoms with Crippen LogP contribution in [-0.4, -0.2) is 54.4 Å². The van der Waals surface area contributed by atoms with E-state index in [1.54, 1.807) is 37.5 Å². The highest BCUT2D eigenvalue weighted by atomic mass is 35.5. The lowest BCUT2D eigenvalue weighted by molar-refractivity contribution is 0.230. The summed E-state index contributed by atoms with van der Waals surface area (Å²) in [6, 6.07) is 10.7. The topological polar surface area (TPSA) is 65.8 Å². The zero-order valence-corrected chi connectivity index (χ0v) is 19.0. The summed E-state index contributed by atoms with van der Waals surface area (Å²) in [6.45, 7) is 7.81. The van der Waals surface area contributed by atoms with Gasteiger partial charge in [0.2, 0.25) is 0 Å². The number of hydrogen-bond acceptors (Lipinski definition) is 6. The van der Waals surface area contributed by atoms with Crippen LogP contribution in [0.1, 0.15) is 12.8 Å². The van der Waals surface area contributed by atoms with Gasteiger partial charge in [0.05, 0.1) is 23.7 Å². The fourth-order valence-corrected chi connectivity index (χ4v) is 3.75. The first-order valence-electron chi connectivity index (χ1n) is 10.5. The molecule has 0 spiro atoms. The number of benzene rings is 2. The van der Waals surface area contributed by atoms with Gasteiger partial charge in [-0.15, -0.1) is 12.4 Å². The lowest BCUT2D eigenvalue weighted by atomic mass is 10.2. The van der Waals surface area contributed by atoms with Crippen LogP contribution in [0.15, 0.2) is 60.2 Å². The Morgan fingerprint density at radius 2 is 1.91 bits per heavy atom. The average molecular weight is 458 g/mol. The van der Waals surface area contributed by atoms with Crippen molar-refractivity contribution in [3.8, 4) is 22.9 Å². The van der Waals surface area contributed by atoms with Crippen molar-refractivity contribution in [2.75, 3.05) is 40.0 Å². The standard InChI is InChI=1S/C24H27N3O4.ClH/c1-3-13-30-19-7-8-20-21(16-19)25-17-27(24(20)28)18-6-9-22(23(15-18)29-2)31-14-12-26-10-4-5-11-26;/h3,6-9,15-17H,1,4-5,10-14H2,2H3;1H. The highest BCUT2D eigenvalue weighted by molar-refractivity contribution is 5.85. The van der Waals surface area contributed by atoms with E-state index >= 15 is 0 Å². The molecular formula is C24H28ClN3O4. The molecule has 0 aliphatic carbocycles.